The quantitative estimate of drug-likeness (QED) is 0.717. The Hall–Kier alpha value is -3.28. The first kappa shape index (κ1) is 15.9. The molecule has 0 unspecified atom stereocenters. The summed E-state index contributed by atoms with van der Waals surface area (Å²) in [5.74, 6) is 1.21. The zero-order valence-electron chi connectivity index (χ0n) is 14.7. The van der Waals surface area contributed by atoms with E-state index < -0.39 is 0 Å². The summed E-state index contributed by atoms with van der Waals surface area (Å²) in [7, 11) is 0. The van der Waals surface area contributed by atoms with Gasteiger partial charge in [-0.05, 0) is 61.1 Å². The molecule has 0 N–H and O–H groups in total. The van der Waals surface area contributed by atoms with Crippen molar-refractivity contribution in [1.29, 1.82) is 0 Å². The Kier molecular flexibility index (Phi) is 3.81. The largest absolute Gasteiger partial charge is 0.490 e. The van der Waals surface area contributed by atoms with Crippen LogP contribution in [0.2, 0.25) is 0 Å². The Labute approximate surface area is 156 Å². The molecule has 6 heteroatoms. The minimum absolute atomic E-state index is 0.153. The molecule has 0 amide bonds. The highest BCUT2D eigenvalue weighted by Gasteiger charge is 2.24. The van der Waals surface area contributed by atoms with Gasteiger partial charge in [-0.3, -0.25) is 4.79 Å². The van der Waals surface area contributed by atoms with Gasteiger partial charge in [0.2, 0.25) is 0 Å². The van der Waals surface area contributed by atoms with Gasteiger partial charge in [-0.2, -0.15) is 9.78 Å². The van der Waals surface area contributed by atoms with Crippen molar-refractivity contribution < 1.29 is 4.74 Å². The lowest BCUT2D eigenvalue weighted by Crippen LogP contribution is -2.28. The number of rotatable bonds is 4. The van der Waals surface area contributed by atoms with E-state index in [1.54, 1.807) is 24.7 Å². The van der Waals surface area contributed by atoms with Crippen LogP contribution >= 0.6 is 0 Å². The highest BCUT2D eigenvalue weighted by atomic mass is 16.5. The number of aromatic nitrogens is 4. The van der Waals surface area contributed by atoms with E-state index >= 15 is 0 Å². The Bertz CT molecular complexity index is 1080. The van der Waals surface area contributed by atoms with Gasteiger partial charge in [0.15, 0.2) is 0 Å². The molecule has 0 saturated heterocycles. The fraction of sp³-hybridized carbons (Fsp3) is 0.238. The van der Waals surface area contributed by atoms with Crippen molar-refractivity contribution >= 4 is 11.6 Å². The number of hydrogen-bond donors (Lipinski definition) is 0. The van der Waals surface area contributed by atoms with Crippen molar-refractivity contribution in [1.82, 2.24) is 19.7 Å². The van der Waals surface area contributed by atoms with E-state index in [-0.39, 0.29) is 5.56 Å². The first-order valence-corrected chi connectivity index (χ1v) is 9.14. The van der Waals surface area contributed by atoms with Crippen LogP contribution in [0, 0.1) is 0 Å². The molecule has 0 spiro atoms. The van der Waals surface area contributed by atoms with Crippen LogP contribution in [0.25, 0.3) is 17.6 Å². The number of nitrogens with zero attached hydrogens (tertiary/aromatic N) is 4. The van der Waals surface area contributed by atoms with Gasteiger partial charge in [-0.1, -0.05) is 12.1 Å². The molecule has 1 saturated carbocycles. The topological polar surface area (TPSA) is 69.9 Å². The minimum atomic E-state index is -0.153. The molecule has 0 atom stereocenters. The average molecular weight is 358 g/mol. The maximum atomic E-state index is 12.8. The van der Waals surface area contributed by atoms with Gasteiger partial charge in [0.1, 0.15) is 5.75 Å². The number of benzene rings is 1. The molecule has 2 heterocycles. The van der Waals surface area contributed by atoms with Crippen molar-refractivity contribution in [2.24, 2.45) is 0 Å². The van der Waals surface area contributed by atoms with Gasteiger partial charge in [0.25, 0.3) is 11.5 Å². The predicted octanol–water partition coefficient (Wildman–Crippen LogP) is 3.05. The Morgan fingerprint density at radius 2 is 1.93 bits per heavy atom. The van der Waals surface area contributed by atoms with Crippen LogP contribution in [0.3, 0.4) is 0 Å². The molecule has 134 valence electrons. The van der Waals surface area contributed by atoms with Crippen molar-refractivity contribution in [3.05, 3.63) is 76.0 Å². The summed E-state index contributed by atoms with van der Waals surface area (Å²) in [6.45, 7) is 0. The van der Waals surface area contributed by atoms with Crippen LogP contribution in [-0.4, -0.2) is 25.9 Å². The second kappa shape index (κ2) is 6.46. The normalized spacial score (nSPS) is 15.8. The summed E-state index contributed by atoms with van der Waals surface area (Å²) >= 11 is 0. The smallest absolute Gasteiger partial charge is 0.278 e. The molecule has 6 nitrogen and oxygen atoms in total. The highest BCUT2D eigenvalue weighted by molar-refractivity contribution is 5.84. The maximum Gasteiger partial charge on any atom is 0.278 e. The van der Waals surface area contributed by atoms with Gasteiger partial charge < -0.3 is 4.74 Å². The van der Waals surface area contributed by atoms with Crippen LogP contribution in [0.4, 0.5) is 0 Å². The highest BCUT2D eigenvalue weighted by Crippen LogP contribution is 2.32. The first-order valence-electron chi connectivity index (χ1n) is 9.14. The third-order valence-electron chi connectivity index (χ3n) is 4.86. The van der Waals surface area contributed by atoms with Crippen LogP contribution in [0.5, 0.6) is 5.75 Å². The molecule has 27 heavy (non-hydrogen) atoms. The summed E-state index contributed by atoms with van der Waals surface area (Å²) in [4.78, 5) is 21.1. The molecule has 2 aromatic heterocycles. The maximum absolute atomic E-state index is 12.8. The number of ether oxygens (including phenoxy) is 1. The molecule has 1 aromatic carbocycles. The summed E-state index contributed by atoms with van der Waals surface area (Å²) in [5.41, 5.74) is 3.79. The molecular formula is C21H18N4O2. The number of hydrogen-bond acceptors (Lipinski definition) is 5. The summed E-state index contributed by atoms with van der Waals surface area (Å²) < 4.78 is 7.17. The van der Waals surface area contributed by atoms with Gasteiger partial charge in [0.05, 0.1) is 12.3 Å². The van der Waals surface area contributed by atoms with Crippen molar-refractivity contribution in [2.45, 2.75) is 31.8 Å². The van der Waals surface area contributed by atoms with Crippen LogP contribution in [-0.2, 0) is 6.42 Å². The van der Waals surface area contributed by atoms with Crippen LogP contribution < -0.4 is 10.3 Å². The molecule has 2 aliphatic rings. The van der Waals surface area contributed by atoms with Gasteiger partial charge in [-0.25, -0.2) is 9.97 Å². The van der Waals surface area contributed by atoms with Crippen molar-refractivity contribution in [2.75, 3.05) is 0 Å². The number of allylic oxidation sites excluding steroid dienone is 1. The molecule has 3 aromatic rings. The summed E-state index contributed by atoms with van der Waals surface area (Å²) in [6.07, 6.45) is 11.1. The van der Waals surface area contributed by atoms with Gasteiger partial charge >= 0.3 is 0 Å². The number of fused-ring (bicyclic) bond motifs is 1. The SMILES string of the molecule is O=c1c2c(cnn1-c1ncccn1)C=C(c1cccc(OC3CC3)c1)CC2. The second-order valence-electron chi connectivity index (χ2n) is 6.86. The molecular weight excluding hydrogens is 340 g/mol. The lowest BCUT2D eigenvalue weighted by Gasteiger charge is -2.17. The Morgan fingerprint density at radius 1 is 1.07 bits per heavy atom. The molecule has 0 aliphatic heterocycles. The zero-order chi connectivity index (χ0) is 18.2. The molecule has 1 fully saturated rings. The second-order valence-corrected chi connectivity index (χ2v) is 6.86. The fourth-order valence-corrected chi connectivity index (χ4v) is 3.32. The van der Waals surface area contributed by atoms with E-state index in [2.05, 4.69) is 33.3 Å². The van der Waals surface area contributed by atoms with Crippen LogP contribution in [0.15, 0.2) is 53.7 Å². The molecule has 0 radical (unpaired) electrons. The zero-order valence-corrected chi connectivity index (χ0v) is 14.7. The predicted molar refractivity (Wildman–Crippen MR) is 102 cm³/mol. The van der Waals surface area contributed by atoms with Crippen LogP contribution in [0.1, 0.15) is 36.0 Å². The average Bonchev–Trinajstić information content (AvgIpc) is 3.53. The molecule has 2 aliphatic carbocycles. The first-order chi connectivity index (χ1) is 13.3. The van der Waals surface area contributed by atoms with Crippen molar-refractivity contribution in [3.63, 3.8) is 0 Å². The Balaban J connectivity index is 1.50. The third kappa shape index (κ3) is 3.14. The van der Waals surface area contributed by atoms with Crippen molar-refractivity contribution in [3.8, 4) is 11.7 Å². The van der Waals surface area contributed by atoms with Gasteiger partial charge in [0, 0.05) is 23.5 Å². The van der Waals surface area contributed by atoms with E-state index in [0.717, 1.165) is 41.7 Å². The Morgan fingerprint density at radius 3 is 2.74 bits per heavy atom. The van der Waals surface area contributed by atoms with E-state index in [1.165, 1.54) is 10.3 Å². The van der Waals surface area contributed by atoms with E-state index in [0.29, 0.717) is 18.5 Å². The standard InChI is InChI=1S/C21H18N4O2/c26-20-19-8-5-15(14-3-1-4-18(12-14)27-17-6-7-17)11-16(19)13-24-25(20)21-22-9-2-10-23-21/h1-4,9-13,17H,5-8H2. The minimum Gasteiger partial charge on any atom is -0.490 e. The van der Waals surface area contributed by atoms with Gasteiger partial charge in [-0.15, -0.1) is 0 Å². The van der Waals surface area contributed by atoms with E-state index in [4.69, 9.17) is 4.74 Å². The lowest BCUT2D eigenvalue weighted by atomic mass is 9.90. The summed E-state index contributed by atoms with van der Waals surface area (Å²) in [6, 6.07) is 9.90. The molecule has 5 rings (SSSR count). The third-order valence-corrected chi connectivity index (χ3v) is 4.86. The fourth-order valence-electron chi connectivity index (χ4n) is 3.32. The summed E-state index contributed by atoms with van der Waals surface area (Å²) in [5, 5.41) is 4.27. The monoisotopic (exact) mass is 358 g/mol. The van der Waals surface area contributed by atoms with E-state index in [1.807, 2.05) is 12.1 Å². The van der Waals surface area contributed by atoms with E-state index in [9.17, 15) is 4.79 Å². The molecule has 0 bridgehead atoms. The lowest BCUT2D eigenvalue weighted by molar-refractivity contribution is 0.303.